The van der Waals surface area contributed by atoms with E-state index in [1.807, 2.05) is 0 Å². The van der Waals surface area contributed by atoms with Gasteiger partial charge in [0.1, 0.15) is 6.54 Å². The molecule has 0 fully saturated rings. The first-order chi connectivity index (χ1) is 22.8. The van der Waals surface area contributed by atoms with E-state index in [0.717, 1.165) is 0 Å². The first-order valence-corrected chi connectivity index (χ1v) is 21.7. The summed E-state index contributed by atoms with van der Waals surface area (Å²) in [7, 11) is 0. The molecule has 0 saturated carbocycles. The third-order valence-corrected chi connectivity index (χ3v) is 11.1. The highest BCUT2D eigenvalue weighted by atomic mass is 14.9. The lowest BCUT2D eigenvalue weighted by molar-refractivity contribution is -0.699. The van der Waals surface area contributed by atoms with Crippen LogP contribution < -0.4 is 4.57 Å². The lowest BCUT2D eigenvalue weighted by atomic mass is 9.71. The molecule has 46 heavy (non-hydrogen) atoms. The Morgan fingerprint density at radius 1 is 0.304 bits per heavy atom. The van der Waals surface area contributed by atoms with Crippen molar-refractivity contribution in [3.8, 4) is 0 Å². The third kappa shape index (κ3) is 27.1. The van der Waals surface area contributed by atoms with Crippen molar-refractivity contribution in [3.05, 3.63) is 30.6 Å². The fraction of sp³-hybridized carbons (Fsp3) is 0.889. The van der Waals surface area contributed by atoms with Gasteiger partial charge in [0.25, 0.3) is 0 Å². The average molecular weight is 641 g/mol. The summed E-state index contributed by atoms with van der Waals surface area (Å²) in [5.41, 5.74) is 0.559. The molecule has 0 aliphatic rings. The van der Waals surface area contributed by atoms with Gasteiger partial charge in [-0.25, -0.2) is 4.57 Å². The number of aromatic nitrogens is 1. The largest absolute Gasteiger partial charge is 0.205 e. The SMILES string of the molecule is CCCCCCCCCCCCCCC(CCCCCCCCC)(CCCCCCCCCCCCCC)CC[n+]1ccccc1. The van der Waals surface area contributed by atoms with Crippen molar-refractivity contribution < 1.29 is 4.57 Å². The van der Waals surface area contributed by atoms with Gasteiger partial charge < -0.3 is 0 Å². The number of hydrogen-bond donors (Lipinski definition) is 0. The van der Waals surface area contributed by atoms with Crippen LogP contribution in [0, 0.1) is 5.41 Å². The molecule has 0 unspecified atom stereocenters. The molecule has 0 aliphatic carbocycles. The molecule has 1 rings (SSSR count). The molecule has 0 N–H and O–H groups in total. The van der Waals surface area contributed by atoms with Gasteiger partial charge in [0.15, 0.2) is 12.4 Å². The monoisotopic (exact) mass is 641 g/mol. The average Bonchev–Trinajstić information content (AvgIpc) is 3.08. The summed E-state index contributed by atoms with van der Waals surface area (Å²) in [5.74, 6) is 0. The molecule has 0 saturated heterocycles. The second-order valence-electron chi connectivity index (χ2n) is 15.5. The fourth-order valence-electron chi connectivity index (χ4n) is 7.84. The molecule has 270 valence electrons. The normalized spacial score (nSPS) is 11.9. The van der Waals surface area contributed by atoms with Crippen molar-refractivity contribution in [1.82, 2.24) is 0 Å². The minimum atomic E-state index is 0.559. The van der Waals surface area contributed by atoms with Crippen molar-refractivity contribution in [2.45, 2.75) is 252 Å². The number of aryl methyl sites for hydroxylation is 1. The Morgan fingerprint density at radius 2 is 0.565 bits per heavy atom. The van der Waals surface area contributed by atoms with Gasteiger partial charge in [-0.1, -0.05) is 226 Å². The van der Waals surface area contributed by atoms with E-state index in [1.165, 1.54) is 231 Å². The predicted octanol–water partition coefficient (Wildman–Crippen LogP) is 15.7. The van der Waals surface area contributed by atoms with Gasteiger partial charge in [-0.2, -0.15) is 0 Å². The van der Waals surface area contributed by atoms with Gasteiger partial charge in [0.2, 0.25) is 0 Å². The van der Waals surface area contributed by atoms with Gasteiger partial charge in [-0.15, -0.1) is 0 Å². The number of rotatable bonds is 37. The van der Waals surface area contributed by atoms with E-state index in [0.29, 0.717) is 5.41 Å². The first kappa shape index (κ1) is 43.2. The second kappa shape index (κ2) is 34.0. The standard InChI is InChI=1S/C45H86N/c1-4-7-10-13-16-18-20-22-24-27-30-34-39-45(38-33-29-26-15-12-9-6-3,41-44-46-42-36-32-37-43-46)40-35-31-28-25-23-21-19-17-14-11-8-5-2/h32,36-37,42-43H,4-31,33-35,38-41,44H2,1-3H3/q+1. The molecule has 1 aromatic rings. The number of unbranched alkanes of at least 4 members (excludes halogenated alkanes) is 28. The topological polar surface area (TPSA) is 3.88 Å². The Hall–Kier alpha value is -0.850. The van der Waals surface area contributed by atoms with Crippen molar-refractivity contribution in [1.29, 1.82) is 0 Å². The lowest BCUT2D eigenvalue weighted by Crippen LogP contribution is -2.36. The minimum absolute atomic E-state index is 0.559. The van der Waals surface area contributed by atoms with E-state index < -0.39 is 0 Å². The third-order valence-electron chi connectivity index (χ3n) is 11.1. The van der Waals surface area contributed by atoms with Crippen LogP contribution in [0.1, 0.15) is 245 Å². The Bertz CT molecular complexity index is 668. The van der Waals surface area contributed by atoms with Crippen LogP contribution in [0.3, 0.4) is 0 Å². The highest BCUT2D eigenvalue weighted by Gasteiger charge is 2.30. The lowest BCUT2D eigenvalue weighted by Gasteiger charge is -2.34. The summed E-state index contributed by atoms with van der Waals surface area (Å²) in [5, 5.41) is 0. The molecule has 0 aliphatic heterocycles. The van der Waals surface area contributed by atoms with Gasteiger partial charge in [-0.05, 0) is 24.7 Å². The van der Waals surface area contributed by atoms with Crippen LogP contribution in [0.4, 0.5) is 0 Å². The van der Waals surface area contributed by atoms with Gasteiger partial charge in [-0.3, -0.25) is 0 Å². The van der Waals surface area contributed by atoms with Crippen molar-refractivity contribution in [3.63, 3.8) is 0 Å². The molecule has 0 radical (unpaired) electrons. The summed E-state index contributed by atoms with van der Waals surface area (Å²) >= 11 is 0. The molecule has 1 heterocycles. The minimum Gasteiger partial charge on any atom is -0.205 e. The smallest absolute Gasteiger partial charge is 0.168 e. The summed E-state index contributed by atoms with van der Waals surface area (Å²) in [6, 6.07) is 6.60. The highest BCUT2D eigenvalue weighted by Crippen LogP contribution is 2.41. The van der Waals surface area contributed by atoms with Crippen LogP contribution in [0.25, 0.3) is 0 Å². The van der Waals surface area contributed by atoms with Crippen LogP contribution in [-0.2, 0) is 6.54 Å². The number of pyridine rings is 1. The van der Waals surface area contributed by atoms with E-state index in [9.17, 15) is 0 Å². The molecule has 1 heteroatoms. The summed E-state index contributed by atoms with van der Waals surface area (Å²) in [6.45, 7) is 8.18. The van der Waals surface area contributed by atoms with Crippen LogP contribution in [-0.4, -0.2) is 0 Å². The van der Waals surface area contributed by atoms with Gasteiger partial charge in [0.05, 0.1) is 0 Å². The molecule has 1 aromatic heterocycles. The Balaban J connectivity index is 2.53. The highest BCUT2D eigenvalue weighted by molar-refractivity contribution is 4.84. The van der Waals surface area contributed by atoms with Crippen LogP contribution in [0.15, 0.2) is 30.6 Å². The zero-order valence-electron chi connectivity index (χ0n) is 32.3. The van der Waals surface area contributed by atoms with Crippen LogP contribution in [0.5, 0.6) is 0 Å². The van der Waals surface area contributed by atoms with E-state index in [-0.39, 0.29) is 0 Å². The maximum absolute atomic E-state index is 2.46. The maximum atomic E-state index is 2.46. The Morgan fingerprint density at radius 3 is 0.848 bits per heavy atom. The Labute approximate surface area is 291 Å². The molecule has 0 bridgehead atoms. The fourth-order valence-corrected chi connectivity index (χ4v) is 7.84. The number of hydrogen-bond acceptors (Lipinski definition) is 0. The summed E-state index contributed by atoms with van der Waals surface area (Å²) < 4.78 is 2.46. The van der Waals surface area contributed by atoms with Crippen molar-refractivity contribution in [2.24, 2.45) is 5.41 Å². The van der Waals surface area contributed by atoms with Gasteiger partial charge >= 0.3 is 0 Å². The summed E-state index contributed by atoms with van der Waals surface area (Å²) in [6.07, 6.45) is 55.4. The predicted molar refractivity (Wildman–Crippen MR) is 208 cm³/mol. The van der Waals surface area contributed by atoms with Crippen LogP contribution in [0.2, 0.25) is 0 Å². The quantitative estimate of drug-likeness (QED) is 0.0503. The maximum Gasteiger partial charge on any atom is 0.168 e. The van der Waals surface area contributed by atoms with Crippen molar-refractivity contribution >= 4 is 0 Å². The first-order valence-electron chi connectivity index (χ1n) is 21.7. The van der Waals surface area contributed by atoms with Crippen LogP contribution >= 0.6 is 0 Å². The van der Waals surface area contributed by atoms with E-state index >= 15 is 0 Å². The van der Waals surface area contributed by atoms with Crippen molar-refractivity contribution in [2.75, 3.05) is 0 Å². The molecule has 0 amide bonds. The Kier molecular flexibility index (Phi) is 31.9. The molecule has 0 aromatic carbocycles. The molecule has 0 spiro atoms. The summed E-state index contributed by atoms with van der Waals surface area (Å²) in [4.78, 5) is 0. The molecule has 1 nitrogen and oxygen atoms in total. The number of nitrogens with zero attached hydrogens (tertiary/aromatic N) is 1. The van der Waals surface area contributed by atoms with E-state index in [2.05, 4.69) is 55.9 Å². The van der Waals surface area contributed by atoms with Gasteiger partial charge in [0, 0.05) is 18.6 Å². The molecule has 0 atom stereocenters. The zero-order chi connectivity index (χ0) is 33.1. The second-order valence-corrected chi connectivity index (χ2v) is 15.5. The molecular formula is C45H86N+. The van der Waals surface area contributed by atoms with E-state index in [4.69, 9.17) is 0 Å². The molecular weight excluding hydrogens is 555 g/mol. The zero-order valence-corrected chi connectivity index (χ0v) is 32.3. The van der Waals surface area contributed by atoms with E-state index in [1.54, 1.807) is 0 Å².